The van der Waals surface area contributed by atoms with Crippen molar-refractivity contribution in [2.45, 2.75) is 39.2 Å². The topological polar surface area (TPSA) is 34.0 Å². The third-order valence-electron chi connectivity index (χ3n) is 4.14. The highest BCUT2D eigenvalue weighted by molar-refractivity contribution is 5.76. The van der Waals surface area contributed by atoms with E-state index in [-0.39, 0.29) is 0 Å². The Morgan fingerprint density at radius 2 is 1.89 bits per heavy atom. The lowest BCUT2D eigenvalue weighted by atomic mass is 10.0. The molecule has 2 fully saturated rings. The van der Waals surface area contributed by atoms with Crippen molar-refractivity contribution in [2.75, 3.05) is 39.4 Å². The zero-order valence-electron chi connectivity index (χ0n) is 11.8. The van der Waals surface area contributed by atoms with Gasteiger partial charge in [-0.3, -0.25) is 4.79 Å². The number of carbonyl (C=O) groups is 1. The summed E-state index contributed by atoms with van der Waals surface area (Å²) in [6.45, 7) is 10.2. The number of nitrogens with zero attached hydrogens (tertiary/aromatic N) is 1. The van der Waals surface area contributed by atoms with Gasteiger partial charge in [0.25, 0.3) is 0 Å². The van der Waals surface area contributed by atoms with Gasteiger partial charge in [-0.15, -0.1) is 0 Å². The first-order valence-electron chi connectivity index (χ1n) is 7.37. The smallest absolute Gasteiger partial charge is 0.222 e. The Hall–Kier alpha value is -0.610. The first-order valence-corrected chi connectivity index (χ1v) is 7.37. The molecule has 18 heavy (non-hydrogen) atoms. The standard InChI is InChI=1S/C14H26N2O2/c1-12(2)11-14(17)16-5-3-13(4-6-16)15-7-9-18-10-8-15/h12-13H,3-11H2,1-2H3/p+1. The monoisotopic (exact) mass is 255 g/mol. The SMILES string of the molecule is CC(C)CC(=O)N1CCC([NH+]2CCOCC2)CC1. The van der Waals surface area contributed by atoms with Crippen molar-refractivity contribution in [3.8, 4) is 0 Å². The third kappa shape index (κ3) is 3.69. The van der Waals surface area contributed by atoms with Gasteiger partial charge in [0, 0.05) is 32.4 Å². The van der Waals surface area contributed by atoms with Crippen molar-refractivity contribution < 1.29 is 14.4 Å². The Labute approximate surface area is 110 Å². The summed E-state index contributed by atoms with van der Waals surface area (Å²) < 4.78 is 5.41. The minimum atomic E-state index is 0.348. The largest absolute Gasteiger partial charge is 0.370 e. The van der Waals surface area contributed by atoms with Crippen molar-refractivity contribution in [3.63, 3.8) is 0 Å². The molecule has 4 heteroatoms. The van der Waals surface area contributed by atoms with Crippen LogP contribution in [0, 0.1) is 5.92 Å². The molecule has 1 amide bonds. The van der Waals surface area contributed by atoms with Crippen LogP contribution in [0.5, 0.6) is 0 Å². The van der Waals surface area contributed by atoms with E-state index in [0.717, 1.165) is 45.4 Å². The zero-order valence-corrected chi connectivity index (χ0v) is 11.8. The van der Waals surface area contributed by atoms with Gasteiger partial charge < -0.3 is 14.5 Å². The van der Waals surface area contributed by atoms with Crippen LogP contribution in [0.15, 0.2) is 0 Å². The summed E-state index contributed by atoms with van der Waals surface area (Å²) >= 11 is 0. The molecule has 0 aromatic heterocycles. The van der Waals surface area contributed by atoms with Crippen LogP contribution in [-0.2, 0) is 9.53 Å². The van der Waals surface area contributed by atoms with Crippen molar-refractivity contribution in [2.24, 2.45) is 5.92 Å². The van der Waals surface area contributed by atoms with E-state index < -0.39 is 0 Å². The van der Waals surface area contributed by atoms with Gasteiger partial charge in [0.15, 0.2) is 0 Å². The summed E-state index contributed by atoms with van der Waals surface area (Å²) in [6.07, 6.45) is 3.04. The number of likely N-dealkylation sites (tertiary alicyclic amines) is 1. The fraction of sp³-hybridized carbons (Fsp3) is 0.929. The number of nitrogens with one attached hydrogen (secondary N) is 1. The van der Waals surface area contributed by atoms with E-state index in [1.165, 1.54) is 12.8 Å². The molecule has 2 saturated heterocycles. The molecule has 0 aliphatic carbocycles. The van der Waals surface area contributed by atoms with E-state index in [4.69, 9.17) is 4.74 Å². The van der Waals surface area contributed by atoms with Gasteiger partial charge in [-0.2, -0.15) is 0 Å². The maximum absolute atomic E-state index is 12.0. The molecule has 1 N–H and O–H groups in total. The number of hydrogen-bond donors (Lipinski definition) is 1. The molecule has 2 aliphatic rings. The van der Waals surface area contributed by atoms with Gasteiger partial charge in [0.2, 0.25) is 5.91 Å². The van der Waals surface area contributed by atoms with Crippen molar-refractivity contribution in [1.29, 1.82) is 0 Å². The van der Waals surface area contributed by atoms with Crippen LogP contribution in [0.4, 0.5) is 0 Å². The molecule has 0 saturated carbocycles. The number of ether oxygens (including phenoxy) is 1. The van der Waals surface area contributed by atoms with E-state index in [2.05, 4.69) is 18.7 Å². The van der Waals surface area contributed by atoms with E-state index in [1.807, 2.05) is 0 Å². The fourth-order valence-electron chi connectivity index (χ4n) is 3.06. The van der Waals surface area contributed by atoms with Gasteiger partial charge in [-0.1, -0.05) is 13.8 Å². The van der Waals surface area contributed by atoms with Crippen molar-refractivity contribution in [1.82, 2.24) is 4.90 Å². The molecule has 0 unspecified atom stereocenters. The first kappa shape index (κ1) is 13.8. The van der Waals surface area contributed by atoms with E-state index >= 15 is 0 Å². The summed E-state index contributed by atoms with van der Waals surface area (Å²) in [5, 5.41) is 0. The Balaban J connectivity index is 1.75. The number of amides is 1. The first-order chi connectivity index (χ1) is 8.66. The van der Waals surface area contributed by atoms with Gasteiger partial charge in [0.05, 0.1) is 19.3 Å². The molecule has 0 radical (unpaired) electrons. The molecule has 0 aromatic carbocycles. The fourth-order valence-corrected chi connectivity index (χ4v) is 3.06. The quantitative estimate of drug-likeness (QED) is 0.766. The number of morpholine rings is 1. The van der Waals surface area contributed by atoms with Crippen LogP contribution in [0.1, 0.15) is 33.1 Å². The molecule has 2 heterocycles. The average molecular weight is 255 g/mol. The highest BCUT2D eigenvalue weighted by Crippen LogP contribution is 2.12. The molecule has 0 bridgehead atoms. The number of rotatable bonds is 3. The normalized spacial score (nSPS) is 23.6. The molecule has 104 valence electrons. The number of hydrogen-bond acceptors (Lipinski definition) is 2. The van der Waals surface area contributed by atoms with Crippen LogP contribution >= 0.6 is 0 Å². The summed E-state index contributed by atoms with van der Waals surface area (Å²) in [4.78, 5) is 15.7. The average Bonchev–Trinajstić information content (AvgIpc) is 2.39. The molecule has 0 aromatic rings. The molecule has 4 nitrogen and oxygen atoms in total. The predicted molar refractivity (Wildman–Crippen MR) is 70.6 cm³/mol. The third-order valence-corrected chi connectivity index (χ3v) is 4.14. The maximum Gasteiger partial charge on any atom is 0.222 e. The lowest BCUT2D eigenvalue weighted by Gasteiger charge is -2.37. The highest BCUT2D eigenvalue weighted by Gasteiger charge is 2.30. The molecule has 2 aliphatic heterocycles. The Morgan fingerprint density at radius 1 is 1.28 bits per heavy atom. The predicted octanol–water partition coefficient (Wildman–Crippen LogP) is -0.0614. The summed E-state index contributed by atoms with van der Waals surface area (Å²) in [5.41, 5.74) is 0. The summed E-state index contributed by atoms with van der Waals surface area (Å²) in [6, 6.07) is 0.747. The second kappa shape index (κ2) is 6.53. The Kier molecular flexibility index (Phi) is 5.01. The Bertz CT molecular complexity index is 267. The van der Waals surface area contributed by atoms with Crippen LogP contribution in [-0.4, -0.2) is 56.2 Å². The van der Waals surface area contributed by atoms with Gasteiger partial charge >= 0.3 is 0 Å². The van der Waals surface area contributed by atoms with E-state index in [9.17, 15) is 4.79 Å². The second-order valence-electron chi connectivity index (χ2n) is 6.02. The zero-order chi connectivity index (χ0) is 13.0. The summed E-state index contributed by atoms with van der Waals surface area (Å²) in [5.74, 6) is 0.820. The highest BCUT2D eigenvalue weighted by atomic mass is 16.5. The van der Waals surface area contributed by atoms with Crippen LogP contribution in [0.2, 0.25) is 0 Å². The van der Waals surface area contributed by atoms with Crippen molar-refractivity contribution in [3.05, 3.63) is 0 Å². The second-order valence-corrected chi connectivity index (χ2v) is 6.02. The Morgan fingerprint density at radius 3 is 2.44 bits per heavy atom. The molecule has 0 spiro atoms. The van der Waals surface area contributed by atoms with Crippen LogP contribution in [0.25, 0.3) is 0 Å². The molecular weight excluding hydrogens is 228 g/mol. The van der Waals surface area contributed by atoms with E-state index in [0.29, 0.717) is 18.2 Å². The number of piperidine rings is 1. The van der Waals surface area contributed by atoms with E-state index in [1.54, 1.807) is 4.90 Å². The number of carbonyl (C=O) groups excluding carboxylic acids is 1. The van der Waals surface area contributed by atoms with Crippen LogP contribution in [0.3, 0.4) is 0 Å². The van der Waals surface area contributed by atoms with Crippen LogP contribution < -0.4 is 4.90 Å². The van der Waals surface area contributed by atoms with Crippen molar-refractivity contribution >= 4 is 5.91 Å². The molecule has 0 atom stereocenters. The van der Waals surface area contributed by atoms with Gasteiger partial charge in [-0.25, -0.2) is 0 Å². The van der Waals surface area contributed by atoms with Gasteiger partial charge in [-0.05, 0) is 5.92 Å². The summed E-state index contributed by atoms with van der Waals surface area (Å²) in [7, 11) is 0. The van der Waals surface area contributed by atoms with Gasteiger partial charge in [0.1, 0.15) is 13.1 Å². The number of quaternary nitrogens is 1. The minimum absolute atomic E-state index is 0.348. The lowest BCUT2D eigenvalue weighted by Crippen LogP contribution is -3.18. The lowest BCUT2D eigenvalue weighted by molar-refractivity contribution is -0.934. The molecule has 2 rings (SSSR count). The molecular formula is C14H27N2O2+. The minimum Gasteiger partial charge on any atom is -0.370 e. The maximum atomic E-state index is 12.0.